The normalized spacial score (nSPS) is 12.6. The van der Waals surface area contributed by atoms with Crippen LogP contribution in [0.25, 0.3) is 10.9 Å². The minimum Gasteiger partial charge on any atom is -0.467 e. The van der Waals surface area contributed by atoms with Crippen molar-refractivity contribution in [2.24, 2.45) is 0 Å². The summed E-state index contributed by atoms with van der Waals surface area (Å²) in [6, 6.07) is 11.3. The number of rotatable bonds is 10. The number of esters is 1. The van der Waals surface area contributed by atoms with Crippen LogP contribution in [0, 0.1) is 5.82 Å². The molecule has 0 spiro atoms. The van der Waals surface area contributed by atoms with E-state index < -0.39 is 33.8 Å². The molecule has 1 aromatic heterocycles. The summed E-state index contributed by atoms with van der Waals surface area (Å²) in [7, 11) is -1.14. The molecule has 176 valence electrons. The van der Waals surface area contributed by atoms with Crippen LogP contribution < -0.4 is 5.32 Å². The van der Waals surface area contributed by atoms with E-state index in [0.717, 1.165) is 32.9 Å². The maximum Gasteiger partial charge on any atom is 0.328 e. The number of nitrogens with zero attached hydrogens (tertiary/aromatic N) is 1. The highest BCUT2D eigenvalue weighted by atomic mass is 32.2. The summed E-state index contributed by atoms with van der Waals surface area (Å²) in [4.78, 5) is 27.8. The molecule has 1 heterocycles. The maximum absolute atomic E-state index is 13.1. The molecule has 0 aliphatic heterocycles. The number of amides is 1. The summed E-state index contributed by atoms with van der Waals surface area (Å²) in [5.41, 5.74) is 1.79. The van der Waals surface area contributed by atoms with E-state index in [1.807, 2.05) is 24.3 Å². The van der Waals surface area contributed by atoms with Crippen LogP contribution in [-0.4, -0.2) is 56.3 Å². The number of nitrogens with one attached hydrogen (secondary N) is 2. The zero-order chi connectivity index (χ0) is 24.0. The summed E-state index contributed by atoms with van der Waals surface area (Å²) >= 11 is 0. The molecular formula is C23H26FN3O5S. The number of aromatic nitrogens is 1. The molecule has 0 saturated heterocycles. The van der Waals surface area contributed by atoms with Crippen molar-refractivity contribution in [1.29, 1.82) is 0 Å². The van der Waals surface area contributed by atoms with Gasteiger partial charge in [0.1, 0.15) is 11.9 Å². The summed E-state index contributed by atoms with van der Waals surface area (Å²) in [5.74, 6) is -1.48. The van der Waals surface area contributed by atoms with Gasteiger partial charge in [0.05, 0.1) is 12.0 Å². The molecule has 2 aromatic carbocycles. The number of methoxy groups -OCH3 is 1. The molecule has 0 bridgehead atoms. The molecule has 10 heteroatoms. The van der Waals surface area contributed by atoms with Gasteiger partial charge in [-0.3, -0.25) is 4.79 Å². The lowest BCUT2D eigenvalue weighted by Gasteiger charge is -2.18. The van der Waals surface area contributed by atoms with E-state index >= 15 is 0 Å². The number of H-pyrrole nitrogens is 1. The van der Waals surface area contributed by atoms with Crippen molar-refractivity contribution in [1.82, 2.24) is 14.6 Å². The Bertz CT molecular complexity index is 1220. The van der Waals surface area contributed by atoms with Crippen molar-refractivity contribution < 1.29 is 27.1 Å². The highest BCUT2D eigenvalue weighted by molar-refractivity contribution is 7.89. The Morgan fingerprint density at radius 1 is 1.15 bits per heavy atom. The van der Waals surface area contributed by atoms with Gasteiger partial charge in [0, 0.05) is 43.5 Å². The van der Waals surface area contributed by atoms with E-state index in [4.69, 9.17) is 4.74 Å². The molecule has 0 aliphatic rings. The molecule has 0 saturated carbocycles. The van der Waals surface area contributed by atoms with Gasteiger partial charge < -0.3 is 15.0 Å². The first-order valence-electron chi connectivity index (χ1n) is 10.4. The van der Waals surface area contributed by atoms with Gasteiger partial charge in [-0.25, -0.2) is 21.9 Å². The Morgan fingerprint density at radius 2 is 1.85 bits per heavy atom. The van der Waals surface area contributed by atoms with Crippen molar-refractivity contribution in [3.05, 3.63) is 66.1 Å². The fourth-order valence-corrected chi connectivity index (χ4v) is 4.70. The molecule has 0 unspecified atom stereocenters. The van der Waals surface area contributed by atoms with Crippen molar-refractivity contribution in [2.45, 2.75) is 30.2 Å². The van der Waals surface area contributed by atoms with E-state index in [2.05, 4.69) is 10.3 Å². The molecule has 0 radical (unpaired) electrons. The number of aromatic amines is 1. The Kier molecular flexibility index (Phi) is 7.83. The van der Waals surface area contributed by atoms with Crippen LogP contribution in [0.5, 0.6) is 0 Å². The molecule has 3 rings (SSSR count). The molecule has 0 aliphatic carbocycles. The quantitative estimate of drug-likeness (QED) is 0.438. The second kappa shape index (κ2) is 10.6. The number of hydrogen-bond donors (Lipinski definition) is 2. The van der Waals surface area contributed by atoms with Crippen LogP contribution in [0.2, 0.25) is 0 Å². The molecular weight excluding hydrogens is 449 g/mol. The predicted octanol–water partition coefficient (Wildman–Crippen LogP) is 2.61. The Morgan fingerprint density at radius 3 is 2.55 bits per heavy atom. The van der Waals surface area contributed by atoms with Gasteiger partial charge in [-0.15, -0.1) is 0 Å². The Labute approximate surface area is 191 Å². The number of sulfonamides is 1. The number of carbonyl (C=O) groups is 2. The van der Waals surface area contributed by atoms with E-state index in [9.17, 15) is 22.4 Å². The van der Waals surface area contributed by atoms with Gasteiger partial charge in [0.25, 0.3) is 0 Å². The van der Waals surface area contributed by atoms with Crippen LogP contribution in [-0.2, 0) is 30.8 Å². The van der Waals surface area contributed by atoms with Crippen LogP contribution in [0.1, 0.15) is 18.4 Å². The smallest absolute Gasteiger partial charge is 0.328 e. The molecule has 3 aromatic rings. The third-order valence-corrected chi connectivity index (χ3v) is 7.19. The largest absolute Gasteiger partial charge is 0.467 e. The van der Waals surface area contributed by atoms with E-state index in [-0.39, 0.29) is 30.7 Å². The van der Waals surface area contributed by atoms with Crippen LogP contribution >= 0.6 is 0 Å². The average molecular weight is 476 g/mol. The standard InChI is InChI=1S/C23H26FN3O5S/c1-27(33(30,31)18-11-9-17(24)10-12-18)13-5-8-22(28)26-21(23(29)32-2)14-16-15-25-20-7-4-3-6-19(16)20/h3-4,6-7,9-12,15,21,25H,5,8,13-14H2,1-2H3,(H,26,28)/t21-/m1/s1. The number of hydrogen-bond acceptors (Lipinski definition) is 5. The van der Waals surface area contributed by atoms with Gasteiger partial charge in [-0.2, -0.15) is 0 Å². The predicted molar refractivity (Wildman–Crippen MR) is 121 cm³/mol. The van der Waals surface area contributed by atoms with Gasteiger partial charge >= 0.3 is 5.97 Å². The first-order chi connectivity index (χ1) is 15.7. The average Bonchev–Trinajstić information content (AvgIpc) is 3.21. The fourth-order valence-electron chi connectivity index (χ4n) is 3.49. The lowest BCUT2D eigenvalue weighted by atomic mass is 10.0. The minimum absolute atomic E-state index is 0.0185. The van der Waals surface area contributed by atoms with Gasteiger partial charge in [-0.1, -0.05) is 18.2 Å². The monoisotopic (exact) mass is 475 g/mol. The fraction of sp³-hybridized carbons (Fsp3) is 0.304. The molecule has 0 fully saturated rings. The summed E-state index contributed by atoms with van der Waals surface area (Å²) in [6.45, 7) is 0.0818. The van der Waals surface area contributed by atoms with Crippen LogP contribution in [0.15, 0.2) is 59.6 Å². The summed E-state index contributed by atoms with van der Waals surface area (Å²) < 4.78 is 44.1. The highest BCUT2D eigenvalue weighted by Crippen LogP contribution is 2.20. The number of ether oxygens (including phenoxy) is 1. The van der Waals surface area contributed by atoms with Crippen molar-refractivity contribution in [3.8, 4) is 0 Å². The lowest BCUT2D eigenvalue weighted by Crippen LogP contribution is -2.43. The second-order valence-electron chi connectivity index (χ2n) is 7.59. The summed E-state index contributed by atoms with van der Waals surface area (Å²) in [6.07, 6.45) is 2.30. The Balaban J connectivity index is 1.57. The van der Waals surface area contributed by atoms with Crippen LogP contribution in [0.4, 0.5) is 4.39 Å². The molecule has 1 atom stereocenters. The van der Waals surface area contributed by atoms with E-state index in [0.29, 0.717) is 0 Å². The van der Waals surface area contributed by atoms with Crippen LogP contribution in [0.3, 0.4) is 0 Å². The van der Waals surface area contributed by atoms with Gasteiger partial charge in [0.15, 0.2) is 0 Å². The number of carbonyl (C=O) groups excluding carboxylic acids is 2. The summed E-state index contributed by atoms with van der Waals surface area (Å²) in [5, 5.41) is 3.64. The molecule has 8 nitrogen and oxygen atoms in total. The topological polar surface area (TPSA) is 109 Å². The Hall–Kier alpha value is -3.24. The first-order valence-corrected chi connectivity index (χ1v) is 11.8. The molecule has 2 N–H and O–H groups in total. The minimum atomic E-state index is -3.79. The SMILES string of the molecule is COC(=O)[C@@H](Cc1c[nH]c2ccccc12)NC(=O)CCCN(C)S(=O)(=O)c1ccc(F)cc1. The maximum atomic E-state index is 13.1. The zero-order valence-electron chi connectivity index (χ0n) is 18.4. The first kappa shape index (κ1) is 24.4. The van der Waals surface area contributed by atoms with E-state index in [1.54, 1.807) is 6.20 Å². The van der Waals surface area contributed by atoms with Crippen molar-refractivity contribution >= 4 is 32.8 Å². The highest BCUT2D eigenvalue weighted by Gasteiger charge is 2.24. The third-order valence-electron chi connectivity index (χ3n) is 5.32. The number of halogens is 1. The zero-order valence-corrected chi connectivity index (χ0v) is 19.2. The number of para-hydroxylation sites is 1. The van der Waals surface area contributed by atoms with Gasteiger partial charge in [-0.05, 0) is 42.3 Å². The molecule has 33 heavy (non-hydrogen) atoms. The van der Waals surface area contributed by atoms with Crippen molar-refractivity contribution in [3.63, 3.8) is 0 Å². The lowest BCUT2D eigenvalue weighted by molar-refractivity contribution is -0.145. The van der Waals surface area contributed by atoms with E-state index in [1.165, 1.54) is 26.3 Å². The molecule has 1 amide bonds. The van der Waals surface area contributed by atoms with Crippen molar-refractivity contribution in [2.75, 3.05) is 20.7 Å². The second-order valence-corrected chi connectivity index (χ2v) is 9.64. The third kappa shape index (κ3) is 5.96. The number of fused-ring (bicyclic) bond motifs is 1. The number of benzene rings is 2. The van der Waals surface area contributed by atoms with Gasteiger partial charge in [0.2, 0.25) is 15.9 Å².